The second-order valence-corrected chi connectivity index (χ2v) is 7.96. The van der Waals surface area contributed by atoms with Crippen LogP contribution in [0.4, 0.5) is 18.9 Å². The van der Waals surface area contributed by atoms with Gasteiger partial charge in [0, 0.05) is 16.1 Å². The van der Waals surface area contributed by atoms with Gasteiger partial charge in [-0.15, -0.1) is 11.3 Å². The quantitative estimate of drug-likeness (QED) is 0.447. The van der Waals surface area contributed by atoms with Crippen molar-refractivity contribution in [3.63, 3.8) is 0 Å². The van der Waals surface area contributed by atoms with Crippen molar-refractivity contribution < 1.29 is 32.6 Å². The van der Waals surface area contributed by atoms with Crippen LogP contribution in [-0.4, -0.2) is 23.0 Å². The summed E-state index contributed by atoms with van der Waals surface area (Å²) in [5.41, 5.74) is 6.46. The third-order valence-electron chi connectivity index (χ3n) is 4.36. The molecule has 0 aliphatic carbocycles. The van der Waals surface area contributed by atoms with Gasteiger partial charge < -0.3 is 20.9 Å². The number of carbonyl (C=O) groups is 2. The van der Waals surface area contributed by atoms with E-state index in [2.05, 4.69) is 5.32 Å². The molecule has 0 aliphatic heterocycles. The van der Waals surface area contributed by atoms with Crippen LogP contribution < -0.4 is 15.8 Å². The van der Waals surface area contributed by atoms with E-state index in [9.17, 15) is 22.8 Å². The fourth-order valence-electron chi connectivity index (χ4n) is 2.86. The summed E-state index contributed by atoms with van der Waals surface area (Å²) in [5.74, 6) is -1.44. The predicted octanol–water partition coefficient (Wildman–Crippen LogP) is 4.75. The van der Waals surface area contributed by atoms with E-state index >= 15 is 0 Å². The van der Waals surface area contributed by atoms with Gasteiger partial charge >= 0.3 is 12.1 Å². The molecule has 0 aliphatic rings. The topological polar surface area (TPSA) is 102 Å². The zero-order valence-corrected chi connectivity index (χ0v) is 17.4. The minimum absolute atomic E-state index is 0.0598. The van der Waals surface area contributed by atoms with E-state index in [1.165, 1.54) is 30.3 Å². The first-order chi connectivity index (χ1) is 15.1. The number of alkyl halides is 3. The standard InChI is InChI=1S/C22H19F3N2O4S/c23-22(24,25)20-17(13-4-2-1-3-5-13)10-16(32-20)12-31-15-8-6-14(7-9-15)27-21(30)18(26)11-19(28)29/h1-10,18H,11-12,26H2,(H,27,30)(H,28,29)/t18-/m1/s1. The third-order valence-corrected chi connectivity index (χ3v) is 5.51. The van der Waals surface area contributed by atoms with Crippen molar-refractivity contribution in [2.45, 2.75) is 25.2 Å². The zero-order valence-electron chi connectivity index (χ0n) is 16.6. The molecular weight excluding hydrogens is 445 g/mol. The molecule has 10 heteroatoms. The van der Waals surface area contributed by atoms with Gasteiger partial charge in [-0.1, -0.05) is 30.3 Å². The van der Waals surface area contributed by atoms with Gasteiger partial charge in [-0.2, -0.15) is 13.2 Å². The molecule has 4 N–H and O–H groups in total. The molecule has 0 radical (unpaired) electrons. The Labute approximate surface area is 185 Å². The molecule has 1 amide bonds. The molecule has 168 valence electrons. The lowest BCUT2D eigenvalue weighted by molar-refractivity contribution is -0.138. The van der Waals surface area contributed by atoms with Crippen molar-refractivity contribution in [3.8, 4) is 16.9 Å². The molecule has 3 rings (SSSR count). The molecule has 1 aromatic heterocycles. The molecule has 32 heavy (non-hydrogen) atoms. The molecule has 0 saturated carbocycles. The van der Waals surface area contributed by atoms with E-state index in [0.717, 1.165) is 0 Å². The number of nitrogens with two attached hydrogens (primary N) is 1. The summed E-state index contributed by atoms with van der Waals surface area (Å²) in [4.78, 5) is 22.2. The summed E-state index contributed by atoms with van der Waals surface area (Å²) in [6.45, 7) is -0.0598. The average Bonchev–Trinajstić information content (AvgIpc) is 3.18. The Morgan fingerprint density at radius 1 is 1.09 bits per heavy atom. The summed E-state index contributed by atoms with van der Waals surface area (Å²) in [5, 5.41) is 11.2. The summed E-state index contributed by atoms with van der Waals surface area (Å²) >= 11 is 0.631. The molecular formula is C22H19F3N2O4S. The smallest absolute Gasteiger partial charge is 0.426 e. The number of amides is 1. The van der Waals surface area contributed by atoms with E-state index in [-0.39, 0.29) is 12.2 Å². The Balaban J connectivity index is 1.66. The fourth-order valence-corrected chi connectivity index (χ4v) is 3.82. The summed E-state index contributed by atoms with van der Waals surface area (Å²) in [6.07, 6.45) is -4.98. The van der Waals surface area contributed by atoms with Crippen LogP contribution in [0, 0.1) is 0 Å². The maximum absolute atomic E-state index is 13.5. The van der Waals surface area contributed by atoms with E-state index in [4.69, 9.17) is 15.6 Å². The van der Waals surface area contributed by atoms with Crippen LogP contribution in [-0.2, 0) is 22.4 Å². The number of carboxylic acid groups (broad SMARTS) is 1. The number of hydrogen-bond donors (Lipinski definition) is 3. The van der Waals surface area contributed by atoms with Crippen LogP contribution in [0.1, 0.15) is 16.2 Å². The highest BCUT2D eigenvalue weighted by molar-refractivity contribution is 7.12. The zero-order chi connectivity index (χ0) is 23.3. The van der Waals surface area contributed by atoms with Crippen LogP contribution in [0.5, 0.6) is 5.75 Å². The number of rotatable bonds is 8. The highest BCUT2D eigenvalue weighted by atomic mass is 32.1. The Morgan fingerprint density at radius 3 is 2.34 bits per heavy atom. The SMILES string of the molecule is N[C@H](CC(=O)O)C(=O)Nc1ccc(OCc2cc(-c3ccccc3)c(C(F)(F)F)s2)cc1. The number of carboxylic acids is 1. The third kappa shape index (κ3) is 6.08. The number of benzene rings is 2. The number of ether oxygens (including phenoxy) is 1. The van der Waals surface area contributed by atoms with Gasteiger partial charge in [-0.3, -0.25) is 9.59 Å². The summed E-state index contributed by atoms with van der Waals surface area (Å²) < 4.78 is 46.0. The molecule has 0 bridgehead atoms. The largest absolute Gasteiger partial charge is 0.488 e. The van der Waals surface area contributed by atoms with E-state index in [1.807, 2.05) is 0 Å². The van der Waals surface area contributed by atoms with Crippen molar-refractivity contribution >= 4 is 28.9 Å². The Morgan fingerprint density at radius 2 is 1.75 bits per heavy atom. The Kier molecular flexibility index (Phi) is 7.16. The molecule has 0 unspecified atom stereocenters. The Hall–Kier alpha value is -3.37. The highest BCUT2D eigenvalue weighted by Gasteiger charge is 2.36. The fraction of sp³-hybridized carbons (Fsp3) is 0.182. The number of anilines is 1. The summed E-state index contributed by atoms with van der Waals surface area (Å²) in [6, 6.07) is 14.7. The van der Waals surface area contributed by atoms with Gasteiger partial charge in [0.05, 0.1) is 12.5 Å². The molecule has 0 fully saturated rings. The second kappa shape index (κ2) is 9.84. The average molecular weight is 464 g/mol. The van der Waals surface area contributed by atoms with E-state index < -0.39 is 35.4 Å². The number of carbonyl (C=O) groups excluding carboxylic acids is 1. The van der Waals surface area contributed by atoms with Crippen molar-refractivity contribution in [2.24, 2.45) is 5.73 Å². The number of thiophene rings is 1. The van der Waals surface area contributed by atoms with Gasteiger partial charge in [-0.25, -0.2) is 0 Å². The van der Waals surface area contributed by atoms with Gasteiger partial charge in [0.25, 0.3) is 0 Å². The molecule has 0 spiro atoms. The van der Waals surface area contributed by atoms with Crippen molar-refractivity contribution in [1.29, 1.82) is 0 Å². The number of aliphatic carboxylic acids is 1. The second-order valence-electron chi connectivity index (χ2n) is 6.83. The molecule has 3 aromatic rings. The minimum Gasteiger partial charge on any atom is -0.488 e. The minimum atomic E-state index is -4.48. The maximum atomic E-state index is 13.5. The number of hydrogen-bond acceptors (Lipinski definition) is 5. The van der Waals surface area contributed by atoms with Crippen LogP contribution in [0.3, 0.4) is 0 Å². The van der Waals surface area contributed by atoms with Crippen LogP contribution in [0.25, 0.3) is 11.1 Å². The normalized spacial score (nSPS) is 12.2. The monoisotopic (exact) mass is 464 g/mol. The molecule has 6 nitrogen and oxygen atoms in total. The first-order valence-electron chi connectivity index (χ1n) is 9.40. The van der Waals surface area contributed by atoms with Gasteiger partial charge in [0.1, 0.15) is 17.2 Å². The number of halogens is 3. The lowest BCUT2D eigenvalue weighted by Gasteiger charge is -2.11. The van der Waals surface area contributed by atoms with E-state index in [0.29, 0.717) is 33.2 Å². The Bertz CT molecular complexity index is 1080. The van der Waals surface area contributed by atoms with Gasteiger partial charge in [0.2, 0.25) is 5.91 Å². The predicted molar refractivity (Wildman–Crippen MR) is 114 cm³/mol. The first-order valence-corrected chi connectivity index (χ1v) is 10.2. The van der Waals surface area contributed by atoms with Crippen LogP contribution >= 0.6 is 11.3 Å². The van der Waals surface area contributed by atoms with Gasteiger partial charge in [-0.05, 0) is 35.9 Å². The molecule has 2 aromatic carbocycles. The molecule has 0 saturated heterocycles. The van der Waals surface area contributed by atoms with Crippen molar-refractivity contribution in [2.75, 3.05) is 5.32 Å². The first kappa shape index (κ1) is 23.3. The summed E-state index contributed by atoms with van der Waals surface area (Å²) in [7, 11) is 0. The molecule has 1 atom stereocenters. The van der Waals surface area contributed by atoms with E-state index in [1.54, 1.807) is 30.3 Å². The van der Waals surface area contributed by atoms with Crippen LogP contribution in [0.15, 0.2) is 60.7 Å². The lowest BCUT2D eigenvalue weighted by Crippen LogP contribution is -2.37. The lowest BCUT2D eigenvalue weighted by atomic mass is 10.1. The van der Waals surface area contributed by atoms with Crippen LogP contribution in [0.2, 0.25) is 0 Å². The van der Waals surface area contributed by atoms with Crippen molar-refractivity contribution in [3.05, 3.63) is 70.4 Å². The van der Waals surface area contributed by atoms with Gasteiger partial charge in [0.15, 0.2) is 0 Å². The van der Waals surface area contributed by atoms with Crippen molar-refractivity contribution in [1.82, 2.24) is 0 Å². The molecule has 1 heterocycles. The number of nitrogens with one attached hydrogen (secondary N) is 1. The highest BCUT2D eigenvalue weighted by Crippen LogP contribution is 2.43. The maximum Gasteiger partial charge on any atom is 0.426 e.